The fourth-order valence-corrected chi connectivity index (χ4v) is 1.81. The minimum atomic E-state index is -0.271. The molecule has 0 bridgehead atoms. The third kappa shape index (κ3) is 1.47. The summed E-state index contributed by atoms with van der Waals surface area (Å²) in [5, 5.41) is 9.41. The lowest BCUT2D eigenvalue weighted by Gasteiger charge is -2.13. The predicted molar refractivity (Wildman–Crippen MR) is 43.8 cm³/mol. The van der Waals surface area contributed by atoms with Gasteiger partial charge in [-0.3, -0.25) is 0 Å². The zero-order valence-electron chi connectivity index (χ0n) is 4.90. The lowest BCUT2D eigenvalue weighted by molar-refractivity contribution is 0.724. The molecule has 0 aromatic carbocycles. The van der Waals surface area contributed by atoms with E-state index in [1.54, 1.807) is 0 Å². The van der Waals surface area contributed by atoms with E-state index in [-0.39, 0.29) is 4.32 Å². The number of nitrogens with zero attached hydrogens (tertiary/aromatic N) is 1. The lowest BCUT2D eigenvalue weighted by atomic mass is 10.1. The fraction of sp³-hybridized carbons (Fsp3) is 0.833. The van der Waals surface area contributed by atoms with Gasteiger partial charge in [0.1, 0.15) is 4.32 Å². The van der Waals surface area contributed by atoms with E-state index in [2.05, 4.69) is 37.9 Å². The normalized spacial score (nSPS) is 24.6. The molecule has 1 aliphatic carbocycles. The Morgan fingerprint density at radius 1 is 1.67 bits per heavy atom. The van der Waals surface area contributed by atoms with Crippen molar-refractivity contribution >= 4 is 31.9 Å². The van der Waals surface area contributed by atoms with Gasteiger partial charge in [0.15, 0.2) is 0 Å². The second-order valence-corrected chi connectivity index (χ2v) is 4.36. The monoisotopic (exact) mass is 251 g/mol. The third-order valence-corrected chi connectivity index (χ3v) is 4.35. The van der Waals surface area contributed by atoms with Crippen molar-refractivity contribution in [2.24, 2.45) is 5.92 Å². The van der Waals surface area contributed by atoms with Crippen LogP contribution in [0.25, 0.3) is 0 Å². The van der Waals surface area contributed by atoms with E-state index < -0.39 is 0 Å². The highest BCUT2D eigenvalue weighted by atomic mass is 79.9. The first-order valence-corrected chi connectivity index (χ1v) is 4.80. The van der Waals surface area contributed by atoms with E-state index in [9.17, 15) is 0 Å². The Morgan fingerprint density at radius 2 is 2.22 bits per heavy atom. The molecule has 0 radical (unpaired) electrons. The predicted octanol–water partition coefficient (Wildman–Crippen LogP) is 2.45. The molecular formula is C6H7Br2N. The lowest BCUT2D eigenvalue weighted by Crippen LogP contribution is -2.22. The number of halogens is 2. The Morgan fingerprint density at radius 3 is 2.33 bits per heavy atom. The van der Waals surface area contributed by atoms with Gasteiger partial charge < -0.3 is 0 Å². The summed E-state index contributed by atoms with van der Waals surface area (Å²) in [6, 6.07) is 2.26. The van der Waals surface area contributed by atoms with Crippen LogP contribution in [0.1, 0.15) is 12.8 Å². The Balaban J connectivity index is 2.56. The first-order valence-electron chi connectivity index (χ1n) is 2.89. The van der Waals surface area contributed by atoms with Gasteiger partial charge >= 0.3 is 0 Å². The molecule has 0 spiro atoms. The molecule has 1 nitrogen and oxygen atoms in total. The van der Waals surface area contributed by atoms with Crippen molar-refractivity contribution in [3.05, 3.63) is 0 Å². The molecule has 3 heteroatoms. The number of rotatable bonds is 2. The minimum absolute atomic E-state index is 0.271. The van der Waals surface area contributed by atoms with E-state index in [4.69, 9.17) is 5.26 Å². The molecule has 0 heterocycles. The highest BCUT2D eigenvalue weighted by molar-refractivity contribution is 9.12. The van der Waals surface area contributed by atoms with Crippen molar-refractivity contribution in [3.8, 4) is 6.07 Å². The molecule has 1 fully saturated rings. The summed E-state index contributed by atoms with van der Waals surface area (Å²) in [4.78, 5) is 0. The summed E-state index contributed by atoms with van der Waals surface area (Å²) in [6.45, 7) is 0. The van der Waals surface area contributed by atoms with Crippen LogP contribution >= 0.6 is 31.9 Å². The molecule has 50 valence electrons. The molecule has 0 amide bonds. The van der Waals surface area contributed by atoms with E-state index in [0.717, 1.165) is 5.33 Å². The molecule has 1 saturated carbocycles. The molecule has 1 aliphatic rings. The molecule has 0 aliphatic heterocycles. The Bertz CT molecular complexity index is 148. The number of alkyl halides is 2. The molecule has 0 aromatic heterocycles. The summed E-state index contributed by atoms with van der Waals surface area (Å²) < 4.78 is -0.271. The van der Waals surface area contributed by atoms with Gasteiger partial charge in [-0.2, -0.15) is 5.26 Å². The van der Waals surface area contributed by atoms with E-state index in [1.807, 2.05) is 0 Å². The number of hydrogen-bond acceptors (Lipinski definition) is 1. The first-order chi connectivity index (χ1) is 4.23. The van der Waals surface area contributed by atoms with Crippen molar-refractivity contribution in [1.82, 2.24) is 0 Å². The number of nitriles is 1. The quantitative estimate of drug-likeness (QED) is 0.693. The Hall–Kier alpha value is 0.450. The average molecular weight is 253 g/mol. The van der Waals surface area contributed by atoms with Crippen LogP contribution in [0.15, 0.2) is 0 Å². The molecule has 0 aromatic rings. The zero-order valence-corrected chi connectivity index (χ0v) is 8.07. The van der Waals surface area contributed by atoms with Gasteiger partial charge in [-0.05, 0) is 18.8 Å². The molecule has 0 N–H and O–H groups in total. The maximum absolute atomic E-state index is 8.67. The van der Waals surface area contributed by atoms with Crippen molar-refractivity contribution in [2.75, 3.05) is 5.33 Å². The van der Waals surface area contributed by atoms with Crippen LogP contribution in [0.4, 0.5) is 0 Å². The standard InChI is InChI=1S/C6H7Br2N/c7-3-6(8,4-9)5-1-2-5/h5H,1-3H2. The first kappa shape index (κ1) is 7.56. The zero-order chi connectivity index (χ0) is 6.91. The summed E-state index contributed by atoms with van der Waals surface area (Å²) in [5.74, 6) is 0.585. The summed E-state index contributed by atoms with van der Waals surface area (Å²) in [6.07, 6.45) is 2.40. The molecule has 1 rings (SSSR count). The van der Waals surface area contributed by atoms with Gasteiger partial charge in [0.05, 0.1) is 6.07 Å². The SMILES string of the molecule is N#CC(Br)(CBr)C1CC1. The van der Waals surface area contributed by atoms with E-state index in [0.29, 0.717) is 5.92 Å². The smallest absolute Gasteiger partial charge is 0.124 e. The highest BCUT2D eigenvalue weighted by Crippen LogP contribution is 2.45. The maximum atomic E-state index is 8.67. The van der Waals surface area contributed by atoms with Crippen LogP contribution in [0, 0.1) is 17.2 Å². The molecule has 1 unspecified atom stereocenters. The third-order valence-electron chi connectivity index (χ3n) is 1.60. The van der Waals surface area contributed by atoms with Crippen molar-refractivity contribution in [2.45, 2.75) is 17.2 Å². The Kier molecular flexibility index (Phi) is 2.18. The van der Waals surface area contributed by atoms with Crippen LogP contribution < -0.4 is 0 Å². The highest BCUT2D eigenvalue weighted by Gasteiger charge is 2.42. The van der Waals surface area contributed by atoms with E-state index >= 15 is 0 Å². The number of hydrogen-bond donors (Lipinski definition) is 0. The summed E-state index contributed by atoms with van der Waals surface area (Å²) in [5.41, 5.74) is 0. The second-order valence-electron chi connectivity index (χ2n) is 2.38. The van der Waals surface area contributed by atoms with Crippen LogP contribution in [0.3, 0.4) is 0 Å². The van der Waals surface area contributed by atoms with E-state index in [1.165, 1.54) is 12.8 Å². The van der Waals surface area contributed by atoms with Crippen LogP contribution in [-0.4, -0.2) is 9.65 Å². The van der Waals surface area contributed by atoms with Gasteiger partial charge in [-0.1, -0.05) is 31.9 Å². The van der Waals surface area contributed by atoms with Gasteiger partial charge in [-0.25, -0.2) is 0 Å². The topological polar surface area (TPSA) is 23.8 Å². The largest absolute Gasteiger partial charge is 0.197 e. The molecule has 1 atom stereocenters. The molecular weight excluding hydrogens is 246 g/mol. The van der Waals surface area contributed by atoms with Crippen LogP contribution in [0.5, 0.6) is 0 Å². The summed E-state index contributed by atoms with van der Waals surface area (Å²) in [7, 11) is 0. The van der Waals surface area contributed by atoms with Crippen molar-refractivity contribution in [3.63, 3.8) is 0 Å². The van der Waals surface area contributed by atoms with Crippen molar-refractivity contribution < 1.29 is 0 Å². The van der Waals surface area contributed by atoms with Crippen LogP contribution in [0.2, 0.25) is 0 Å². The fourth-order valence-electron chi connectivity index (χ4n) is 0.771. The molecule has 0 saturated heterocycles. The summed E-state index contributed by atoms with van der Waals surface area (Å²) >= 11 is 6.71. The average Bonchev–Trinajstić information content (AvgIpc) is 2.68. The minimum Gasteiger partial charge on any atom is -0.197 e. The second kappa shape index (κ2) is 2.59. The van der Waals surface area contributed by atoms with Gasteiger partial charge in [0.2, 0.25) is 0 Å². The van der Waals surface area contributed by atoms with Gasteiger partial charge in [0, 0.05) is 5.33 Å². The Labute approximate surface area is 71.7 Å². The molecule has 9 heavy (non-hydrogen) atoms. The van der Waals surface area contributed by atoms with Gasteiger partial charge in [0.25, 0.3) is 0 Å². The van der Waals surface area contributed by atoms with Crippen molar-refractivity contribution in [1.29, 1.82) is 5.26 Å². The van der Waals surface area contributed by atoms with Gasteiger partial charge in [-0.15, -0.1) is 0 Å². The van der Waals surface area contributed by atoms with Crippen LogP contribution in [-0.2, 0) is 0 Å². The maximum Gasteiger partial charge on any atom is 0.124 e.